The summed E-state index contributed by atoms with van der Waals surface area (Å²) in [6.07, 6.45) is 3.42. The topological polar surface area (TPSA) is 73.2 Å². The number of rotatable bonds is 6. The zero-order valence-corrected chi connectivity index (χ0v) is 17.6. The van der Waals surface area contributed by atoms with Gasteiger partial charge in [-0.25, -0.2) is 13.4 Å². The number of methoxy groups -OCH3 is 1. The number of ether oxygens (including phenoxy) is 1. The molecule has 0 saturated heterocycles. The van der Waals surface area contributed by atoms with E-state index in [4.69, 9.17) is 4.74 Å². The van der Waals surface area contributed by atoms with Crippen LogP contribution in [-0.2, 0) is 17.1 Å². The molecular weight excluding hydrogens is 430 g/mol. The Labute approximate surface area is 167 Å². The van der Waals surface area contributed by atoms with Gasteiger partial charge in [-0.2, -0.15) is 4.72 Å². The molecule has 142 valence electrons. The highest BCUT2D eigenvalue weighted by Crippen LogP contribution is 2.26. The molecule has 0 fully saturated rings. The van der Waals surface area contributed by atoms with Crippen molar-refractivity contribution in [2.24, 2.45) is 7.05 Å². The Kier molecular flexibility index (Phi) is 5.69. The fraction of sp³-hybridized carbons (Fsp3) is 0.211. The molecule has 0 aliphatic carbocycles. The van der Waals surface area contributed by atoms with Gasteiger partial charge >= 0.3 is 0 Å². The third-order valence-corrected chi connectivity index (χ3v) is 6.59. The van der Waals surface area contributed by atoms with Gasteiger partial charge in [0, 0.05) is 23.9 Å². The van der Waals surface area contributed by atoms with Crippen LogP contribution in [0.1, 0.15) is 23.0 Å². The van der Waals surface area contributed by atoms with E-state index in [0.717, 1.165) is 15.6 Å². The van der Waals surface area contributed by atoms with Crippen LogP contribution in [0.15, 0.2) is 64.2 Å². The predicted molar refractivity (Wildman–Crippen MR) is 107 cm³/mol. The van der Waals surface area contributed by atoms with Crippen molar-refractivity contribution >= 4 is 26.0 Å². The van der Waals surface area contributed by atoms with Crippen molar-refractivity contribution in [3.63, 3.8) is 0 Å². The summed E-state index contributed by atoms with van der Waals surface area (Å²) >= 11 is 3.40. The fourth-order valence-corrected chi connectivity index (χ4v) is 4.24. The maximum absolute atomic E-state index is 13.0. The third-order valence-electron chi connectivity index (χ3n) is 4.28. The smallest absolute Gasteiger partial charge is 0.241 e. The molecular formula is C19H20BrN3O3S. The fourth-order valence-electron chi connectivity index (χ4n) is 2.73. The van der Waals surface area contributed by atoms with Gasteiger partial charge in [0.15, 0.2) is 0 Å². The van der Waals surface area contributed by atoms with E-state index in [0.29, 0.717) is 11.6 Å². The molecule has 1 aromatic heterocycles. The lowest BCUT2D eigenvalue weighted by atomic mass is 10.1. The lowest BCUT2D eigenvalue weighted by molar-refractivity contribution is 0.414. The van der Waals surface area contributed by atoms with E-state index in [1.807, 2.05) is 26.1 Å². The maximum atomic E-state index is 13.0. The van der Waals surface area contributed by atoms with Gasteiger partial charge in [0.05, 0.1) is 12.0 Å². The number of aryl methyl sites for hydroxylation is 2. The zero-order valence-electron chi connectivity index (χ0n) is 15.2. The van der Waals surface area contributed by atoms with E-state index in [1.165, 1.54) is 0 Å². The average Bonchev–Trinajstić information content (AvgIpc) is 3.08. The largest absolute Gasteiger partial charge is 0.497 e. The maximum Gasteiger partial charge on any atom is 0.241 e. The first-order valence-corrected chi connectivity index (χ1v) is 10.5. The molecule has 1 heterocycles. The highest BCUT2D eigenvalue weighted by atomic mass is 79.9. The summed E-state index contributed by atoms with van der Waals surface area (Å²) in [6.45, 7) is 1.85. The van der Waals surface area contributed by atoms with Crippen LogP contribution in [0.2, 0.25) is 0 Å². The Morgan fingerprint density at radius 1 is 1.19 bits per heavy atom. The van der Waals surface area contributed by atoms with Crippen LogP contribution in [0.25, 0.3) is 0 Å². The van der Waals surface area contributed by atoms with Crippen LogP contribution in [0.3, 0.4) is 0 Å². The monoisotopic (exact) mass is 449 g/mol. The second-order valence-electron chi connectivity index (χ2n) is 6.13. The van der Waals surface area contributed by atoms with Crippen molar-refractivity contribution in [2.75, 3.05) is 7.11 Å². The molecule has 0 aliphatic heterocycles. The van der Waals surface area contributed by atoms with E-state index >= 15 is 0 Å². The number of hydrogen-bond donors (Lipinski definition) is 1. The van der Waals surface area contributed by atoms with Crippen molar-refractivity contribution < 1.29 is 13.2 Å². The molecule has 1 N–H and O–H groups in total. The van der Waals surface area contributed by atoms with E-state index in [9.17, 15) is 8.42 Å². The molecule has 1 atom stereocenters. The molecule has 2 aromatic carbocycles. The number of nitrogens with one attached hydrogen (secondary N) is 1. The van der Waals surface area contributed by atoms with Crippen molar-refractivity contribution in [1.82, 2.24) is 14.3 Å². The Bertz CT molecular complexity index is 1050. The number of nitrogens with zero attached hydrogens (tertiary/aromatic N) is 2. The second-order valence-corrected chi connectivity index (χ2v) is 8.70. The molecule has 0 aliphatic rings. The minimum Gasteiger partial charge on any atom is -0.497 e. The normalized spacial score (nSPS) is 12.7. The van der Waals surface area contributed by atoms with Crippen LogP contribution in [0.4, 0.5) is 0 Å². The minimum atomic E-state index is -3.76. The van der Waals surface area contributed by atoms with Crippen LogP contribution >= 0.6 is 15.9 Å². The molecule has 0 amide bonds. The van der Waals surface area contributed by atoms with Gasteiger partial charge in [-0.15, -0.1) is 0 Å². The summed E-state index contributed by atoms with van der Waals surface area (Å²) in [7, 11) is -0.343. The molecule has 1 unspecified atom stereocenters. The summed E-state index contributed by atoms with van der Waals surface area (Å²) in [5.74, 6) is 1.29. The first kappa shape index (κ1) is 19.6. The Morgan fingerprint density at radius 2 is 1.89 bits per heavy atom. The van der Waals surface area contributed by atoms with Crippen molar-refractivity contribution in [2.45, 2.75) is 17.9 Å². The van der Waals surface area contributed by atoms with Crippen molar-refractivity contribution in [1.29, 1.82) is 0 Å². The highest BCUT2D eigenvalue weighted by Gasteiger charge is 2.26. The van der Waals surface area contributed by atoms with E-state index in [-0.39, 0.29) is 4.90 Å². The number of hydrogen-bond acceptors (Lipinski definition) is 4. The molecule has 3 rings (SSSR count). The molecule has 0 spiro atoms. The van der Waals surface area contributed by atoms with Crippen LogP contribution < -0.4 is 9.46 Å². The predicted octanol–water partition coefficient (Wildman–Crippen LogP) is 3.57. The standard InChI is InChI=1S/C19H20BrN3O3S/c1-13-12-16(8-9-17(13)20)27(24,25)22-18(19-21-10-11-23(19)2)14-4-6-15(26-3)7-5-14/h4-12,18,22H,1-3H3. The molecule has 0 saturated carbocycles. The van der Waals surface area contributed by atoms with Crippen molar-refractivity contribution in [3.8, 4) is 5.75 Å². The third kappa shape index (κ3) is 4.23. The summed E-state index contributed by atoms with van der Waals surface area (Å²) in [5.41, 5.74) is 1.61. The van der Waals surface area contributed by atoms with Gasteiger partial charge in [0.1, 0.15) is 17.6 Å². The van der Waals surface area contributed by atoms with Gasteiger partial charge in [-0.1, -0.05) is 28.1 Å². The van der Waals surface area contributed by atoms with Crippen LogP contribution in [0, 0.1) is 6.92 Å². The number of aromatic nitrogens is 2. The molecule has 3 aromatic rings. The summed E-state index contributed by atoms with van der Waals surface area (Å²) in [5, 5.41) is 0. The first-order valence-electron chi connectivity index (χ1n) is 8.21. The minimum absolute atomic E-state index is 0.205. The highest BCUT2D eigenvalue weighted by molar-refractivity contribution is 9.10. The van der Waals surface area contributed by atoms with Gasteiger partial charge < -0.3 is 9.30 Å². The Hall–Kier alpha value is -2.16. The van der Waals surface area contributed by atoms with E-state index < -0.39 is 16.1 Å². The van der Waals surface area contributed by atoms with Crippen molar-refractivity contribution in [3.05, 3.63) is 76.3 Å². The van der Waals surface area contributed by atoms with Gasteiger partial charge in [-0.3, -0.25) is 0 Å². The van der Waals surface area contributed by atoms with Crippen LogP contribution in [-0.4, -0.2) is 25.1 Å². The summed E-state index contributed by atoms with van der Waals surface area (Å²) < 4.78 is 36.7. The quantitative estimate of drug-likeness (QED) is 0.624. The number of benzene rings is 2. The lowest BCUT2D eigenvalue weighted by Gasteiger charge is -2.20. The summed E-state index contributed by atoms with van der Waals surface area (Å²) in [4.78, 5) is 4.55. The van der Waals surface area contributed by atoms with E-state index in [2.05, 4.69) is 25.6 Å². The molecule has 8 heteroatoms. The van der Waals surface area contributed by atoms with Crippen LogP contribution in [0.5, 0.6) is 5.75 Å². The first-order chi connectivity index (χ1) is 12.8. The van der Waals surface area contributed by atoms with Gasteiger partial charge in [-0.05, 0) is 48.4 Å². The number of imidazole rings is 1. The Morgan fingerprint density at radius 3 is 2.44 bits per heavy atom. The lowest BCUT2D eigenvalue weighted by Crippen LogP contribution is -2.31. The number of halogens is 1. The molecule has 27 heavy (non-hydrogen) atoms. The van der Waals surface area contributed by atoms with Gasteiger partial charge in [0.2, 0.25) is 10.0 Å². The molecule has 6 nitrogen and oxygen atoms in total. The second kappa shape index (κ2) is 7.84. The van der Waals surface area contributed by atoms with Gasteiger partial charge in [0.25, 0.3) is 0 Å². The zero-order chi connectivity index (χ0) is 19.6. The summed E-state index contributed by atoms with van der Waals surface area (Å²) in [6, 6.07) is 11.5. The van der Waals surface area contributed by atoms with E-state index in [1.54, 1.807) is 54.4 Å². The molecule has 0 bridgehead atoms. The SMILES string of the molecule is COc1ccc(C(NS(=O)(=O)c2ccc(Br)c(C)c2)c2nccn2C)cc1. The molecule has 0 radical (unpaired) electrons. The average molecular weight is 450 g/mol. The number of sulfonamides is 1. The Balaban J connectivity index is 2.02.